The third-order valence-corrected chi connectivity index (χ3v) is 6.45. The molecule has 1 fully saturated rings. The number of fused-ring (bicyclic) bond motifs is 1. The average molecular weight is 417 g/mol. The Hall–Kier alpha value is -1.99. The normalized spacial score (nSPS) is 14.8. The van der Waals surface area contributed by atoms with E-state index in [-0.39, 0.29) is 5.91 Å². The molecule has 0 unspecified atom stereocenters. The Morgan fingerprint density at radius 2 is 1.92 bits per heavy atom. The van der Waals surface area contributed by atoms with Gasteiger partial charge >= 0.3 is 0 Å². The maximum atomic E-state index is 12.8. The second kappa shape index (κ2) is 6.07. The number of aryl methyl sites for hydroxylation is 2. The number of thiophene rings is 1. The van der Waals surface area contributed by atoms with Crippen molar-refractivity contribution >= 4 is 49.1 Å². The Kier molecular flexibility index (Phi) is 4.00. The van der Waals surface area contributed by atoms with E-state index in [1.807, 2.05) is 30.9 Å². The Bertz CT molecular complexity index is 977. The number of likely N-dealkylation sites (tertiary alicyclic amines) is 1. The Labute approximate surface area is 158 Å². The van der Waals surface area contributed by atoms with Gasteiger partial charge in [0.25, 0.3) is 5.91 Å². The number of rotatable bonds is 2. The van der Waals surface area contributed by atoms with Gasteiger partial charge in [0, 0.05) is 28.9 Å². The van der Waals surface area contributed by atoms with Crippen LogP contribution in [-0.2, 0) is 0 Å². The first kappa shape index (κ1) is 16.5. The van der Waals surface area contributed by atoms with Crippen molar-refractivity contribution in [3.63, 3.8) is 0 Å². The number of amides is 1. The summed E-state index contributed by atoms with van der Waals surface area (Å²) in [6.07, 6.45) is 0. The monoisotopic (exact) mass is 416 g/mol. The van der Waals surface area contributed by atoms with E-state index >= 15 is 0 Å². The number of hydrogen-bond acceptors (Lipinski definition) is 5. The highest BCUT2D eigenvalue weighted by Gasteiger charge is 2.34. The molecule has 0 radical (unpaired) electrons. The van der Waals surface area contributed by atoms with E-state index in [0.29, 0.717) is 16.5 Å². The molecule has 7 heteroatoms. The Morgan fingerprint density at radius 1 is 1.24 bits per heavy atom. The highest BCUT2D eigenvalue weighted by molar-refractivity contribution is 9.10. The predicted molar refractivity (Wildman–Crippen MR) is 104 cm³/mol. The molecule has 1 aliphatic rings. The highest BCUT2D eigenvalue weighted by Crippen LogP contribution is 2.37. The van der Waals surface area contributed by atoms with E-state index in [2.05, 4.69) is 38.3 Å². The standard InChI is InChI=1S/C18H17BrN4OS/c1-9-10(2)21-22-17-14(9)15(20)16(25-17)18(24)23-7-12(8-23)11-3-5-13(19)6-4-11/h3-6,12H,7-8,20H2,1-2H3. The summed E-state index contributed by atoms with van der Waals surface area (Å²) >= 11 is 4.78. The van der Waals surface area contributed by atoms with Crippen molar-refractivity contribution < 1.29 is 4.79 Å². The van der Waals surface area contributed by atoms with E-state index in [9.17, 15) is 4.79 Å². The average Bonchev–Trinajstić information content (AvgIpc) is 2.89. The number of anilines is 1. The molecule has 3 heterocycles. The van der Waals surface area contributed by atoms with E-state index in [1.54, 1.807) is 0 Å². The molecule has 0 aliphatic carbocycles. The molecule has 4 rings (SSSR count). The quantitative estimate of drug-likeness (QED) is 0.687. The Balaban J connectivity index is 1.57. The van der Waals surface area contributed by atoms with Crippen molar-refractivity contribution in [2.45, 2.75) is 19.8 Å². The lowest BCUT2D eigenvalue weighted by Crippen LogP contribution is -2.48. The lowest BCUT2D eigenvalue weighted by Gasteiger charge is -2.39. The molecule has 5 nitrogen and oxygen atoms in total. The lowest BCUT2D eigenvalue weighted by molar-refractivity contribution is 0.0608. The fourth-order valence-electron chi connectivity index (χ4n) is 3.13. The van der Waals surface area contributed by atoms with Crippen molar-refractivity contribution in [3.05, 3.63) is 50.4 Å². The largest absolute Gasteiger partial charge is 0.397 e. The predicted octanol–water partition coefficient (Wildman–Crippen LogP) is 3.89. The van der Waals surface area contributed by atoms with E-state index in [0.717, 1.165) is 39.0 Å². The minimum Gasteiger partial charge on any atom is -0.397 e. The zero-order valence-electron chi connectivity index (χ0n) is 13.9. The number of nitrogens with zero attached hydrogens (tertiary/aromatic N) is 3. The van der Waals surface area contributed by atoms with Gasteiger partial charge in [-0.3, -0.25) is 4.79 Å². The molecule has 1 aliphatic heterocycles. The van der Waals surface area contributed by atoms with Gasteiger partial charge in [-0.2, -0.15) is 5.10 Å². The summed E-state index contributed by atoms with van der Waals surface area (Å²) < 4.78 is 1.06. The van der Waals surface area contributed by atoms with Crippen LogP contribution in [0.25, 0.3) is 10.2 Å². The third kappa shape index (κ3) is 2.71. The van der Waals surface area contributed by atoms with Crippen LogP contribution in [0.4, 0.5) is 5.69 Å². The van der Waals surface area contributed by atoms with Crippen LogP contribution in [0.5, 0.6) is 0 Å². The third-order valence-electron chi connectivity index (χ3n) is 4.84. The number of nitrogen functional groups attached to an aromatic ring is 1. The van der Waals surface area contributed by atoms with Gasteiger partial charge in [0.15, 0.2) is 0 Å². The molecule has 2 N–H and O–H groups in total. The van der Waals surface area contributed by atoms with Crippen LogP contribution in [0.3, 0.4) is 0 Å². The second-order valence-corrected chi connectivity index (χ2v) is 8.31. The minimum atomic E-state index is -0.00841. The van der Waals surface area contributed by atoms with Crippen LogP contribution >= 0.6 is 27.3 Å². The summed E-state index contributed by atoms with van der Waals surface area (Å²) in [5, 5.41) is 9.19. The molecule has 0 saturated carbocycles. The number of carbonyl (C=O) groups is 1. The molecule has 0 bridgehead atoms. The van der Waals surface area contributed by atoms with Crippen molar-refractivity contribution in [1.82, 2.24) is 15.1 Å². The smallest absolute Gasteiger partial charge is 0.266 e. The van der Waals surface area contributed by atoms with Gasteiger partial charge < -0.3 is 10.6 Å². The molecule has 2 aromatic heterocycles. The number of nitrogens with two attached hydrogens (primary N) is 1. The summed E-state index contributed by atoms with van der Waals surface area (Å²) in [6.45, 7) is 5.31. The lowest BCUT2D eigenvalue weighted by atomic mass is 9.91. The SMILES string of the molecule is Cc1nnc2sc(C(=O)N3CC(c4ccc(Br)cc4)C3)c(N)c2c1C. The number of carbonyl (C=O) groups excluding carboxylic acids is 1. The number of benzene rings is 1. The zero-order chi connectivity index (χ0) is 17.7. The van der Waals surface area contributed by atoms with Crippen molar-refractivity contribution in [1.29, 1.82) is 0 Å². The van der Waals surface area contributed by atoms with Crippen LogP contribution in [-0.4, -0.2) is 34.1 Å². The van der Waals surface area contributed by atoms with Gasteiger partial charge in [-0.25, -0.2) is 0 Å². The highest BCUT2D eigenvalue weighted by atomic mass is 79.9. The van der Waals surface area contributed by atoms with E-state index in [1.165, 1.54) is 16.9 Å². The number of halogens is 1. The summed E-state index contributed by atoms with van der Waals surface area (Å²) in [4.78, 5) is 16.0. The first-order chi connectivity index (χ1) is 12.0. The van der Waals surface area contributed by atoms with Gasteiger partial charge in [-0.1, -0.05) is 28.1 Å². The van der Waals surface area contributed by atoms with Crippen LogP contribution in [0, 0.1) is 13.8 Å². The van der Waals surface area contributed by atoms with Gasteiger partial charge in [-0.15, -0.1) is 16.4 Å². The second-order valence-electron chi connectivity index (χ2n) is 6.39. The first-order valence-electron chi connectivity index (χ1n) is 8.02. The van der Waals surface area contributed by atoms with Gasteiger partial charge in [0.1, 0.15) is 9.71 Å². The summed E-state index contributed by atoms with van der Waals surface area (Å²) in [5.74, 6) is 0.377. The molecular weight excluding hydrogens is 400 g/mol. The molecule has 0 spiro atoms. The van der Waals surface area contributed by atoms with Crippen LogP contribution < -0.4 is 5.73 Å². The van der Waals surface area contributed by atoms with E-state index < -0.39 is 0 Å². The fraction of sp³-hybridized carbons (Fsp3) is 0.278. The van der Waals surface area contributed by atoms with E-state index in [4.69, 9.17) is 5.73 Å². The zero-order valence-corrected chi connectivity index (χ0v) is 16.3. The van der Waals surface area contributed by atoms with Crippen LogP contribution in [0.2, 0.25) is 0 Å². The van der Waals surface area contributed by atoms with Gasteiger partial charge in [0.2, 0.25) is 0 Å². The van der Waals surface area contributed by atoms with Crippen molar-refractivity contribution in [3.8, 4) is 0 Å². The van der Waals surface area contributed by atoms with Crippen molar-refractivity contribution in [2.24, 2.45) is 0 Å². The molecule has 25 heavy (non-hydrogen) atoms. The maximum absolute atomic E-state index is 12.8. The molecular formula is C18H17BrN4OS. The maximum Gasteiger partial charge on any atom is 0.266 e. The molecule has 0 atom stereocenters. The summed E-state index contributed by atoms with van der Waals surface area (Å²) in [7, 11) is 0. The summed E-state index contributed by atoms with van der Waals surface area (Å²) in [6, 6.07) is 8.28. The summed E-state index contributed by atoms with van der Waals surface area (Å²) in [5.41, 5.74) is 9.91. The van der Waals surface area contributed by atoms with Crippen molar-refractivity contribution in [2.75, 3.05) is 18.8 Å². The molecule has 128 valence electrons. The first-order valence-corrected chi connectivity index (χ1v) is 9.63. The van der Waals surface area contributed by atoms with Gasteiger partial charge in [-0.05, 0) is 37.1 Å². The van der Waals surface area contributed by atoms with Gasteiger partial charge in [0.05, 0.1) is 11.4 Å². The number of hydrogen-bond donors (Lipinski definition) is 1. The van der Waals surface area contributed by atoms with Crippen LogP contribution in [0.15, 0.2) is 28.7 Å². The Morgan fingerprint density at radius 3 is 2.60 bits per heavy atom. The molecule has 1 amide bonds. The topological polar surface area (TPSA) is 72.1 Å². The van der Waals surface area contributed by atoms with Crippen LogP contribution in [0.1, 0.15) is 32.4 Å². The number of aromatic nitrogens is 2. The fourth-order valence-corrected chi connectivity index (χ4v) is 4.47. The molecule has 1 saturated heterocycles. The molecule has 3 aromatic rings. The molecule has 1 aromatic carbocycles. The minimum absolute atomic E-state index is 0.00841.